The molecule has 0 fully saturated rings. The van der Waals surface area contributed by atoms with Crippen LogP contribution in [-0.2, 0) is 4.79 Å². The number of hydrogen-bond acceptors (Lipinski definition) is 7. The Hall–Kier alpha value is -2.81. The summed E-state index contributed by atoms with van der Waals surface area (Å²) in [6, 6.07) is 5.33. The molecular weight excluding hydrogens is 344 g/mol. The van der Waals surface area contributed by atoms with E-state index in [1.165, 1.54) is 41.5 Å². The summed E-state index contributed by atoms with van der Waals surface area (Å²) in [5, 5.41) is 6.66. The fraction of sp³-hybridized carbons (Fsp3) is 0.250. The molecule has 2 heterocycles. The molecule has 0 bridgehead atoms. The molecule has 0 aliphatic carbocycles. The molecule has 8 nitrogen and oxygen atoms in total. The van der Waals surface area contributed by atoms with Gasteiger partial charge in [-0.15, -0.1) is 0 Å². The molecule has 1 amide bonds. The van der Waals surface area contributed by atoms with Crippen LogP contribution in [0.3, 0.4) is 0 Å². The monoisotopic (exact) mass is 360 g/mol. The summed E-state index contributed by atoms with van der Waals surface area (Å²) in [4.78, 5) is 27.9. The Kier molecular flexibility index (Phi) is 4.49. The lowest BCUT2D eigenvalue weighted by Crippen LogP contribution is -2.28. The number of hydrogen-bond donors (Lipinski definition) is 0. The first-order valence-electron chi connectivity index (χ1n) is 7.34. The number of nitrogens with zero attached hydrogens (tertiary/aromatic N) is 4. The maximum absolute atomic E-state index is 12.0. The Balaban J connectivity index is 2.09. The van der Waals surface area contributed by atoms with Crippen LogP contribution in [0.1, 0.15) is 24.2 Å². The molecule has 9 heteroatoms. The minimum atomic E-state index is -0.298. The summed E-state index contributed by atoms with van der Waals surface area (Å²) in [6.45, 7) is 2.82. The number of fused-ring (bicyclic) bond motifs is 1. The molecule has 1 aliphatic rings. The molecule has 0 radical (unpaired) electrons. The molecule has 0 unspecified atom stereocenters. The lowest BCUT2D eigenvalue weighted by molar-refractivity contribution is -0.116. The maximum Gasteiger partial charge on any atom is 0.245 e. The predicted molar refractivity (Wildman–Crippen MR) is 93.6 cm³/mol. The predicted octanol–water partition coefficient (Wildman–Crippen LogP) is 2.38. The highest BCUT2D eigenvalue weighted by molar-refractivity contribution is 8.14. The van der Waals surface area contributed by atoms with E-state index in [1.54, 1.807) is 26.4 Å². The van der Waals surface area contributed by atoms with Crippen LogP contribution < -0.4 is 14.5 Å². The van der Waals surface area contributed by atoms with Gasteiger partial charge in [0.05, 0.1) is 14.2 Å². The lowest BCUT2D eigenvalue weighted by Gasteiger charge is -2.22. The van der Waals surface area contributed by atoms with E-state index >= 15 is 0 Å². The van der Waals surface area contributed by atoms with Crippen molar-refractivity contribution in [1.29, 1.82) is 0 Å². The molecule has 0 saturated heterocycles. The molecule has 1 aliphatic heterocycles. The molecule has 0 N–H and O–H groups in total. The quantitative estimate of drug-likeness (QED) is 0.835. The summed E-state index contributed by atoms with van der Waals surface area (Å²) < 4.78 is 11.9. The van der Waals surface area contributed by atoms with Crippen LogP contribution in [0.2, 0.25) is 0 Å². The highest BCUT2D eigenvalue weighted by Crippen LogP contribution is 2.38. The number of amides is 1. The average Bonchev–Trinajstić information content (AvgIpc) is 3.04. The van der Waals surface area contributed by atoms with E-state index in [0.29, 0.717) is 27.4 Å². The molecule has 0 spiro atoms. The van der Waals surface area contributed by atoms with Crippen LogP contribution >= 0.6 is 11.8 Å². The van der Waals surface area contributed by atoms with E-state index in [0.717, 1.165) is 5.56 Å². The number of benzene rings is 1. The number of ether oxygens (including phenoxy) is 2. The first kappa shape index (κ1) is 17.0. The van der Waals surface area contributed by atoms with Crippen LogP contribution in [0, 0.1) is 0 Å². The minimum Gasteiger partial charge on any atom is -0.493 e. The van der Waals surface area contributed by atoms with Gasteiger partial charge in [0.15, 0.2) is 17.3 Å². The summed E-state index contributed by atoms with van der Waals surface area (Å²) in [7, 11) is 3.10. The second-order valence-electron chi connectivity index (χ2n) is 5.17. The minimum absolute atomic E-state index is 0.196. The Morgan fingerprint density at radius 3 is 2.40 bits per heavy atom. The average molecular weight is 360 g/mol. The van der Waals surface area contributed by atoms with Gasteiger partial charge in [0.1, 0.15) is 16.4 Å². The third kappa shape index (κ3) is 2.98. The van der Waals surface area contributed by atoms with E-state index in [9.17, 15) is 9.59 Å². The van der Waals surface area contributed by atoms with Gasteiger partial charge in [-0.3, -0.25) is 14.2 Å². The van der Waals surface area contributed by atoms with Gasteiger partial charge in [0.25, 0.3) is 0 Å². The molecule has 2 aromatic rings. The third-order valence-corrected chi connectivity index (χ3v) is 4.64. The number of methoxy groups -OCH3 is 2. The third-order valence-electron chi connectivity index (χ3n) is 3.56. The van der Waals surface area contributed by atoms with E-state index in [1.807, 2.05) is 6.07 Å². The van der Waals surface area contributed by atoms with Crippen molar-refractivity contribution >= 4 is 34.4 Å². The zero-order chi connectivity index (χ0) is 18.1. The summed E-state index contributed by atoms with van der Waals surface area (Å²) in [5.74, 6) is 0.984. The van der Waals surface area contributed by atoms with Crippen molar-refractivity contribution in [2.24, 2.45) is 5.10 Å². The topological polar surface area (TPSA) is 86.0 Å². The Morgan fingerprint density at radius 1 is 1.08 bits per heavy atom. The molecular formula is C16H16N4O4S. The second kappa shape index (κ2) is 6.60. The van der Waals surface area contributed by atoms with Gasteiger partial charge in [-0.25, -0.2) is 4.98 Å². The van der Waals surface area contributed by atoms with Gasteiger partial charge in [0.2, 0.25) is 11.8 Å². The Bertz CT molecular complexity index is 890. The van der Waals surface area contributed by atoms with Crippen molar-refractivity contribution in [2.75, 3.05) is 19.2 Å². The number of carbonyl (C=O) groups is 2. The first-order valence-corrected chi connectivity index (χ1v) is 8.15. The van der Waals surface area contributed by atoms with E-state index in [2.05, 4.69) is 10.1 Å². The van der Waals surface area contributed by atoms with Crippen molar-refractivity contribution in [3.8, 4) is 11.5 Å². The maximum atomic E-state index is 12.0. The molecule has 0 atom stereocenters. The molecule has 25 heavy (non-hydrogen) atoms. The first-order chi connectivity index (χ1) is 12.0. The fourth-order valence-electron chi connectivity index (χ4n) is 2.35. The number of rotatable bonds is 3. The van der Waals surface area contributed by atoms with Crippen molar-refractivity contribution in [3.63, 3.8) is 0 Å². The van der Waals surface area contributed by atoms with E-state index in [4.69, 9.17) is 9.47 Å². The molecule has 1 aromatic heterocycles. The van der Waals surface area contributed by atoms with Crippen LogP contribution in [0.15, 0.2) is 34.7 Å². The summed E-state index contributed by atoms with van der Waals surface area (Å²) in [6.07, 6.45) is 1.39. The number of imidazole rings is 1. The number of anilines is 1. The number of carbonyl (C=O) groups excluding carboxylic acids is 2. The van der Waals surface area contributed by atoms with E-state index in [-0.39, 0.29) is 11.8 Å². The zero-order valence-electron chi connectivity index (χ0n) is 14.1. The van der Waals surface area contributed by atoms with Crippen molar-refractivity contribution in [1.82, 2.24) is 9.55 Å². The summed E-state index contributed by atoms with van der Waals surface area (Å²) >= 11 is 1.26. The lowest BCUT2D eigenvalue weighted by atomic mass is 10.2. The fourth-order valence-corrected chi connectivity index (χ4v) is 3.40. The van der Waals surface area contributed by atoms with Crippen molar-refractivity contribution in [3.05, 3.63) is 30.1 Å². The van der Waals surface area contributed by atoms with Gasteiger partial charge in [0, 0.05) is 19.4 Å². The normalized spacial score (nSPS) is 13.1. The van der Waals surface area contributed by atoms with Gasteiger partial charge in [-0.2, -0.15) is 10.1 Å². The van der Waals surface area contributed by atoms with Crippen molar-refractivity contribution < 1.29 is 19.1 Å². The largest absolute Gasteiger partial charge is 0.493 e. The van der Waals surface area contributed by atoms with Crippen molar-refractivity contribution in [2.45, 2.75) is 18.9 Å². The number of hydrazone groups is 1. The Morgan fingerprint density at radius 2 is 1.80 bits per heavy atom. The van der Waals surface area contributed by atoms with E-state index < -0.39 is 0 Å². The zero-order valence-corrected chi connectivity index (χ0v) is 15.0. The van der Waals surface area contributed by atoms with Crippen LogP contribution in [0.4, 0.5) is 5.82 Å². The van der Waals surface area contributed by atoms with Gasteiger partial charge in [-0.05, 0) is 30.0 Å². The molecule has 130 valence electrons. The van der Waals surface area contributed by atoms with Gasteiger partial charge >= 0.3 is 0 Å². The van der Waals surface area contributed by atoms with Crippen LogP contribution in [0.5, 0.6) is 11.5 Å². The van der Waals surface area contributed by atoms with Gasteiger partial charge < -0.3 is 9.47 Å². The highest BCUT2D eigenvalue weighted by atomic mass is 32.2. The molecule has 1 aromatic carbocycles. The summed E-state index contributed by atoms with van der Waals surface area (Å²) in [5.41, 5.74) is 0.732. The number of aromatic nitrogens is 2. The van der Waals surface area contributed by atoms with Gasteiger partial charge in [-0.1, -0.05) is 0 Å². The molecule has 3 rings (SSSR count). The smallest absolute Gasteiger partial charge is 0.245 e. The second-order valence-corrected chi connectivity index (χ2v) is 6.15. The number of thioether (sulfide) groups is 1. The van der Waals surface area contributed by atoms with Crippen LogP contribution in [0.25, 0.3) is 0 Å². The highest BCUT2D eigenvalue weighted by Gasteiger charge is 2.29. The van der Waals surface area contributed by atoms with Crippen LogP contribution in [-0.4, -0.2) is 40.6 Å². The SMILES string of the molecule is COc1ccc(C2=NN(C(C)=O)c3ncn(C(C)=O)c3S2)cc1OC. The Labute approximate surface area is 148 Å². The standard InChI is InChI=1S/C16H16N4O4S/c1-9(21)19-8-17-14-16(19)25-15(18-20(14)10(2)22)11-5-6-12(23-3)13(7-11)24-4/h5-8H,1-4H3. The molecule has 0 saturated carbocycles.